The number of ether oxygens (including phenoxy) is 4. The molecule has 2 amide bonds. The van der Waals surface area contributed by atoms with E-state index in [-0.39, 0.29) is 28.8 Å². The van der Waals surface area contributed by atoms with Gasteiger partial charge < -0.3 is 28.4 Å². The van der Waals surface area contributed by atoms with E-state index in [9.17, 15) is 13.8 Å². The van der Waals surface area contributed by atoms with Gasteiger partial charge in [0.05, 0.1) is 42.9 Å². The Morgan fingerprint density at radius 3 is 2.76 bits per heavy atom. The molecule has 1 unspecified atom stereocenters. The van der Waals surface area contributed by atoms with Crippen LogP contribution in [0.4, 0.5) is 5.69 Å². The van der Waals surface area contributed by atoms with Crippen LogP contribution in [0.3, 0.4) is 0 Å². The monoisotopic (exact) mass is 813 g/mol. The first kappa shape index (κ1) is 40.6. The predicted molar refractivity (Wildman–Crippen MR) is 225 cm³/mol. The summed E-state index contributed by atoms with van der Waals surface area (Å²) in [6.45, 7) is 10.3. The summed E-state index contributed by atoms with van der Waals surface area (Å²) in [6.07, 6.45) is 13.5. The van der Waals surface area contributed by atoms with Crippen molar-refractivity contribution in [1.29, 1.82) is 0 Å². The lowest BCUT2D eigenvalue weighted by atomic mass is 9.68. The van der Waals surface area contributed by atoms with Gasteiger partial charge in [-0.15, -0.1) is 4.36 Å². The summed E-state index contributed by atoms with van der Waals surface area (Å²) in [5.41, 5.74) is 5.17. The molecule has 4 heterocycles. The second kappa shape index (κ2) is 17.2. The van der Waals surface area contributed by atoms with Crippen molar-refractivity contribution >= 4 is 27.4 Å². The molecule has 1 aromatic heterocycles. The van der Waals surface area contributed by atoms with Crippen molar-refractivity contribution in [3.8, 4) is 11.5 Å². The van der Waals surface area contributed by atoms with Gasteiger partial charge in [-0.1, -0.05) is 42.8 Å². The molecule has 1 saturated heterocycles. The van der Waals surface area contributed by atoms with Crippen molar-refractivity contribution in [2.45, 2.75) is 63.9 Å². The van der Waals surface area contributed by atoms with Gasteiger partial charge in [-0.2, -0.15) is 0 Å². The van der Waals surface area contributed by atoms with Crippen molar-refractivity contribution in [2.75, 3.05) is 76.9 Å². The highest BCUT2D eigenvalue weighted by atomic mass is 32.2. The van der Waals surface area contributed by atoms with E-state index in [1.165, 1.54) is 16.7 Å². The third-order valence-corrected chi connectivity index (χ3v) is 14.9. The topological polar surface area (TPSA) is 124 Å². The van der Waals surface area contributed by atoms with Gasteiger partial charge in [-0.3, -0.25) is 19.2 Å². The summed E-state index contributed by atoms with van der Waals surface area (Å²) in [6, 6.07) is 12.3. The van der Waals surface area contributed by atoms with E-state index in [1.54, 1.807) is 37.2 Å². The lowest BCUT2D eigenvalue weighted by Crippen LogP contribution is -2.49. The number of carbonyl (C=O) groups is 2. The van der Waals surface area contributed by atoms with Crippen LogP contribution in [0.25, 0.3) is 0 Å². The molecule has 312 valence electrons. The molecule has 2 aromatic carbocycles. The van der Waals surface area contributed by atoms with Crippen molar-refractivity contribution in [2.24, 2.45) is 29.2 Å². The lowest BCUT2D eigenvalue weighted by molar-refractivity contribution is 0.0131. The number of aryl methyl sites for hydroxylation is 3. The maximum absolute atomic E-state index is 14.9. The number of amides is 2. The van der Waals surface area contributed by atoms with Gasteiger partial charge in [0.2, 0.25) is 0 Å². The number of hydrogen-bond donors (Lipinski definition) is 1. The Balaban J connectivity index is 1.12. The second-order valence-electron chi connectivity index (χ2n) is 17.3. The van der Waals surface area contributed by atoms with Gasteiger partial charge in [0.15, 0.2) is 0 Å². The molecule has 2 aliphatic carbocycles. The number of nitrogens with one attached hydrogen (secondary N) is 1. The van der Waals surface area contributed by atoms with Crippen LogP contribution >= 0.6 is 0 Å². The molecule has 1 spiro atoms. The molecule has 5 aliphatic rings. The molecule has 1 N–H and O–H groups in total. The summed E-state index contributed by atoms with van der Waals surface area (Å²) in [4.78, 5) is 33.0. The fraction of sp³-hybridized carbons (Fsp3) is 0.556. The van der Waals surface area contributed by atoms with Gasteiger partial charge in [0.1, 0.15) is 28.0 Å². The standard InChI is InChI=1S/C45H59N5O7S/c1-31-10-14-38-33(23-31)8-6-16-45(38)29-50-25-35-11-13-36(35)40(54-4)9-5-7-32(2)28-58(53,46-43(51)34-12-15-41(57-30-45)39(50)24-34)47-44(52)37-26-48(3)27-42(37)56-22-19-49-17-20-55-21-18-49/h5,9-10,12,14-15,23-24,26-27,32,35-36,40H,6-8,11,13,16-22,25,28-30H2,1-4H3,(H,46,47,51,52,53)/b9-5+/t32-,35-,36+,40-,45-,58?/m0/s1. The smallest absolute Gasteiger partial charge is 0.286 e. The molecule has 6 atom stereocenters. The Bertz CT molecular complexity index is 2150. The highest BCUT2D eigenvalue weighted by molar-refractivity contribution is 7.92. The first-order valence-electron chi connectivity index (χ1n) is 21.0. The fourth-order valence-corrected chi connectivity index (χ4v) is 11.6. The molecule has 3 aromatic rings. The zero-order valence-corrected chi connectivity index (χ0v) is 35.3. The number of allylic oxidation sites excluding steroid dienone is 1. The third kappa shape index (κ3) is 8.73. The number of rotatable bonds is 7. The van der Waals surface area contributed by atoms with Crippen LogP contribution in [0.15, 0.2) is 65.3 Å². The predicted octanol–water partition coefficient (Wildman–Crippen LogP) is 6.11. The minimum absolute atomic E-state index is 0.0137. The number of aromatic nitrogens is 1. The molecular weight excluding hydrogens is 755 g/mol. The molecule has 2 fully saturated rings. The van der Waals surface area contributed by atoms with Crippen LogP contribution in [-0.2, 0) is 38.3 Å². The normalized spacial score (nSPS) is 29.5. The van der Waals surface area contributed by atoms with Crippen LogP contribution in [0.2, 0.25) is 0 Å². The summed E-state index contributed by atoms with van der Waals surface area (Å²) < 4.78 is 48.1. The third-order valence-electron chi connectivity index (χ3n) is 12.9. The largest absolute Gasteiger partial charge is 0.490 e. The van der Waals surface area contributed by atoms with Gasteiger partial charge in [0.25, 0.3) is 11.8 Å². The molecular formula is C45H59N5O7S. The van der Waals surface area contributed by atoms with E-state index >= 15 is 0 Å². The van der Waals surface area contributed by atoms with E-state index in [0.717, 1.165) is 69.7 Å². The molecule has 2 bridgehead atoms. The quantitative estimate of drug-likeness (QED) is 0.282. The highest BCUT2D eigenvalue weighted by Gasteiger charge is 2.44. The first-order chi connectivity index (χ1) is 28.0. The maximum atomic E-state index is 14.9. The highest BCUT2D eigenvalue weighted by Crippen LogP contribution is 2.47. The zero-order chi connectivity index (χ0) is 40.4. The number of morpholine rings is 1. The number of anilines is 1. The maximum Gasteiger partial charge on any atom is 0.286 e. The summed E-state index contributed by atoms with van der Waals surface area (Å²) >= 11 is 0. The van der Waals surface area contributed by atoms with E-state index in [1.807, 2.05) is 19.1 Å². The Labute approximate surface area is 343 Å². The Morgan fingerprint density at radius 2 is 1.97 bits per heavy atom. The van der Waals surface area contributed by atoms with Gasteiger partial charge in [0, 0.05) is 70.3 Å². The van der Waals surface area contributed by atoms with Crippen molar-refractivity contribution in [3.63, 3.8) is 0 Å². The molecule has 1 saturated carbocycles. The minimum atomic E-state index is -3.61. The van der Waals surface area contributed by atoms with Gasteiger partial charge in [-0.25, -0.2) is 4.21 Å². The molecule has 12 nitrogen and oxygen atoms in total. The lowest BCUT2D eigenvalue weighted by Gasteiger charge is -2.46. The average Bonchev–Trinajstić information content (AvgIpc) is 3.50. The zero-order valence-electron chi connectivity index (χ0n) is 34.5. The Morgan fingerprint density at radius 1 is 1.12 bits per heavy atom. The molecule has 8 rings (SSSR count). The van der Waals surface area contributed by atoms with Crippen LogP contribution in [0, 0.1) is 24.7 Å². The van der Waals surface area contributed by atoms with E-state index < -0.39 is 21.7 Å². The summed E-state index contributed by atoms with van der Waals surface area (Å²) in [5.74, 6) is 0.411. The average molecular weight is 814 g/mol. The number of nitrogens with zero attached hydrogens (tertiary/aromatic N) is 4. The number of hydrogen-bond acceptors (Lipinski definition) is 9. The second-order valence-corrected chi connectivity index (χ2v) is 19.3. The van der Waals surface area contributed by atoms with Gasteiger partial charge in [-0.05, 0) is 92.5 Å². The molecule has 3 aliphatic heterocycles. The summed E-state index contributed by atoms with van der Waals surface area (Å²) in [7, 11) is -0.0226. The van der Waals surface area contributed by atoms with Gasteiger partial charge >= 0.3 is 0 Å². The Hall–Kier alpha value is -4.17. The van der Waals surface area contributed by atoms with Crippen molar-refractivity contribution in [1.82, 2.24) is 14.2 Å². The number of carbonyl (C=O) groups excluding carboxylic acids is 2. The van der Waals surface area contributed by atoms with Crippen LogP contribution in [0.5, 0.6) is 11.5 Å². The van der Waals surface area contributed by atoms with Crippen LogP contribution in [-0.4, -0.2) is 104 Å². The van der Waals surface area contributed by atoms with Crippen molar-refractivity contribution < 1.29 is 32.7 Å². The first-order valence-corrected chi connectivity index (χ1v) is 22.7. The number of fused-ring (bicyclic) bond motifs is 4. The number of methoxy groups -OCH3 is 1. The summed E-state index contributed by atoms with van der Waals surface area (Å²) in [5, 5.41) is 0. The fourth-order valence-electron chi connectivity index (χ4n) is 9.68. The van der Waals surface area contributed by atoms with E-state index in [0.29, 0.717) is 62.5 Å². The van der Waals surface area contributed by atoms with E-state index in [2.05, 4.69) is 56.2 Å². The Kier molecular flexibility index (Phi) is 12.0. The molecule has 58 heavy (non-hydrogen) atoms. The number of benzene rings is 2. The minimum Gasteiger partial charge on any atom is -0.490 e. The molecule has 0 radical (unpaired) electrons. The van der Waals surface area contributed by atoms with E-state index in [4.69, 9.17) is 18.9 Å². The molecule has 13 heteroatoms. The SMILES string of the molecule is CO[C@H]1/C=C/C[C@H](C)CS(=O)(NC(=O)c2cn(C)cc2OCCN2CCOCC2)=NC(=O)c2ccc3c(c2)N(C[C@@H]2CC[C@H]21)C[C@@]1(CCCc2cc(C)ccc21)CO3. The van der Waals surface area contributed by atoms with Crippen LogP contribution < -0.4 is 19.1 Å². The van der Waals surface area contributed by atoms with Crippen LogP contribution in [0.1, 0.15) is 76.4 Å². The van der Waals surface area contributed by atoms with Crippen molar-refractivity contribution in [3.05, 3.63) is 88.8 Å².